The summed E-state index contributed by atoms with van der Waals surface area (Å²) in [5, 5.41) is 3.35. The quantitative estimate of drug-likeness (QED) is 0.0495. The van der Waals surface area contributed by atoms with Gasteiger partial charge in [-0.3, -0.25) is 0 Å². The molecule has 0 unspecified atom stereocenters. The average Bonchev–Trinajstić information content (AvgIpc) is 3.01. The molecule has 6 nitrogen and oxygen atoms in total. The van der Waals surface area contributed by atoms with Crippen LogP contribution >= 0.6 is 11.8 Å². The van der Waals surface area contributed by atoms with E-state index >= 15 is 0 Å². The number of esters is 2. The van der Waals surface area contributed by atoms with E-state index in [9.17, 15) is 9.59 Å². The van der Waals surface area contributed by atoms with Crippen LogP contribution in [0.2, 0.25) is 0 Å². The number of nitrogens with zero attached hydrogens (tertiary/aromatic N) is 1. The molecule has 1 fully saturated rings. The zero-order valence-electron chi connectivity index (χ0n) is 26.1. The fourth-order valence-corrected chi connectivity index (χ4v) is 5.77. The number of hydrogen-bond acceptors (Lipinski definition) is 7. The summed E-state index contributed by atoms with van der Waals surface area (Å²) >= 11 is 1.64. The lowest BCUT2D eigenvalue weighted by atomic mass is 10.1. The summed E-state index contributed by atoms with van der Waals surface area (Å²) in [7, 11) is 0. The van der Waals surface area contributed by atoms with Crippen molar-refractivity contribution < 1.29 is 19.1 Å². The van der Waals surface area contributed by atoms with Crippen LogP contribution in [0.3, 0.4) is 0 Å². The van der Waals surface area contributed by atoms with Crippen molar-refractivity contribution in [3.05, 3.63) is 89.0 Å². The number of carbonyl (C=O) groups is 2. The molecule has 1 saturated heterocycles. The highest BCUT2D eigenvalue weighted by Gasteiger charge is 2.14. The Morgan fingerprint density at radius 1 is 0.953 bits per heavy atom. The minimum atomic E-state index is -0.385. The topological polar surface area (TPSA) is 67.9 Å². The molecule has 7 heteroatoms. The fraction of sp³-hybridized carbons (Fsp3) is 0.444. The van der Waals surface area contributed by atoms with Gasteiger partial charge in [0, 0.05) is 42.9 Å². The second-order valence-electron chi connectivity index (χ2n) is 11.0. The van der Waals surface area contributed by atoms with Crippen LogP contribution in [-0.2, 0) is 9.53 Å². The standard InChI is InChI=1S/C36H48N2O4S/c1-4-10-29(2)11-9-12-30(3)21-28-43-34-14-6-5-13-33(34)36(40)42-32-18-15-31(16-19-32)17-20-35(39)41-27-8-7-24-38-25-22-37-23-26-38/h5-6,11,13-21,37H,4,7-10,12,22-28H2,1-3H3/b20-17+,29-11+,30-21+. The molecule has 1 aliphatic heterocycles. The van der Waals surface area contributed by atoms with Crippen molar-refractivity contribution in [2.24, 2.45) is 0 Å². The van der Waals surface area contributed by atoms with Crippen molar-refractivity contribution in [2.75, 3.05) is 45.1 Å². The normalized spacial score (nSPS) is 14.7. The van der Waals surface area contributed by atoms with Crippen LogP contribution in [0.15, 0.2) is 82.8 Å². The van der Waals surface area contributed by atoms with Gasteiger partial charge in [-0.2, -0.15) is 0 Å². The van der Waals surface area contributed by atoms with Gasteiger partial charge in [-0.15, -0.1) is 11.8 Å². The Labute approximate surface area is 262 Å². The molecule has 2 aromatic rings. The van der Waals surface area contributed by atoms with Gasteiger partial charge in [-0.25, -0.2) is 9.59 Å². The highest BCUT2D eigenvalue weighted by Crippen LogP contribution is 2.25. The monoisotopic (exact) mass is 604 g/mol. The lowest BCUT2D eigenvalue weighted by Crippen LogP contribution is -2.43. The third kappa shape index (κ3) is 13.8. The molecule has 1 N–H and O–H groups in total. The van der Waals surface area contributed by atoms with Gasteiger partial charge in [0.2, 0.25) is 0 Å². The van der Waals surface area contributed by atoms with Crippen molar-refractivity contribution >= 4 is 29.8 Å². The van der Waals surface area contributed by atoms with E-state index in [-0.39, 0.29) is 11.9 Å². The van der Waals surface area contributed by atoms with Crippen molar-refractivity contribution in [3.63, 3.8) is 0 Å². The molecular weight excluding hydrogens is 556 g/mol. The van der Waals surface area contributed by atoms with Gasteiger partial charge < -0.3 is 19.7 Å². The van der Waals surface area contributed by atoms with Crippen LogP contribution in [0.25, 0.3) is 6.08 Å². The fourth-order valence-electron chi connectivity index (χ4n) is 4.75. The van der Waals surface area contributed by atoms with Crippen LogP contribution in [0, 0.1) is 0 Å². The zero-order valence-corrected chi connectivity index (χ0v) is 26.9. The summed E-state index contributed by atoms with van der Waals surface area (Å²) in [4.78, 5) is 28.4. The molecule has 0 aliphatic carbocycles. The molecule has 0 bridgehead atoms. The maximum atomic E-state index is 13.0. The third-order valence-corrected chi connectivity index (χ3v) is 8.28. The second-order valence-corrected chi connectivity index (χ2v) is 12.0. The summed E-state index contributed by atoms with van der Waals surface area (Å²) in [5.41, 5.74) is 4.20. The number of thioether (sulfide) groups is 1. The number of nitrogens with one attached hydrogen (secondary N) is 1. The van der Waals surface area contributed by atoms with E-state index in [4.69, 9.17) is 9.47 Å². The van der Waals surface area contributed by atoms with Crippen LogP contribution < -0.4 is 10.1 Å². The Kier molecular flexibility index (Phi) is 15.9. The van der Waals surface area contributed by atoms with Gasteiger partial charge in [0.15, 0.2) is 0 Å². The van der Waals surface area contributed by atoms with Crippen LogP contribution in [0.1, 0.15) is 75.2 Å². The van der Waals surface area contributed by atoms with Crippen molar-refractivity contribution in [1.82, 2.24) is 10.2 Å². The van der Waals surface area contributed by atoms with Gasteiger partial charge in [-0.05, 0) is 88.4 Å². The SMILES string of the molecule is CCC/C(C)=C/CC/C(C)=C/CSc1ccccc1C(=O)Oc1ccc(/C=C/C(=O)OCCCCN2CCNCC2)cc1. The number of benzene rings is 2. The van der Waals surface area contributed by atoms with E-state index in [0.717, 1.165) is 74.6 Å². The van der Waals surface area contributed by atoms with Crippen LogP contribution in [-0.4, -0.2) is 61.9 Å². The number of unbranched alkanes of at least 4 members (excludes halogenated alkanes) is 1. The molecular formula is C36H48N2O4S. The first-order chi connectivity index (χ1) is 20.9. The Hall–Kier alpha value is -3.13. The lowest BCUT2D eigenvalue weighted by molar-refractivity contribution is -0.137. The molecule has 232 valence electrons. The molecule has 3 rings (SSSR count). The first kappa shape index (κ1) is 34.4. The largest absolute Gasteiger partial charge is 0.463 e. The Morgan fingerprint density at radius 3 is 2.47 bits per heavy atom. The van der Waals surface area contributed by atoms with Crippen molar-refractivity contribution in [1.29, 1.82) is 0 Å². The summed E-state index contributed by atoms with van der Waals surface area (Å²) < 4.78 is 11.0. The maximum Gasteiger partial charge on any atom is 0.344 e. The first-order valence-corrected chi connectivity index (χ1v) is 16.6. The minimum absolute atomic E-state index is 0.351. The molecule has 0 aromatic heterocycles. The van der Waals surface area contributed by atoms with E-state index in [1.54, 1.807) is 36.0 Å². The molecule has 0 radical (unpaired) electrons. The number of piperazine rings is 1. The van der Waals surface area contributed by atoms with Gasteiger partial charge in [0.1, 0.15) is 5.75 Å². The average molecular weight is 605 g/mol. The van der Waals surface area contributed by atoms with E-state index in [1.165, 1.54) is 30.1 Å². The molecule has 0 amide bonds. The predicted molar refractivity (Wildman–Crippen MR) is 179 cm³/mol. The Bertz CT molecular complexity index is 1230. The number of hydrogen-bond donors (Lipinski definition) is 1. The van der Waals surface area contributed by atoms with Gasteiger partial charge >= 0.3 is 11.9 Å². The smallest absolute Gasteiger partial charge is 0.344 e. The summed E-state index contributed by atoms with van der Waals surface area (Å²) in [6.07, 6.45) is 14.1. The van der Waals surface area contributed by atoms with E-state index < -0.39 is 0 Å². The minimum Gasteiger partial charge on any atom is -0.463 e. The van der Waals surface area contributed by atoms with Gasteiger partial charge in [-0.1, -0.05) is 60.9 Å². The predicted octanol–water partition coefficient (Wildman–Crippen LogP) is 7.71. The maximum absolute atomic E-state index is 13.0. The Morgan fingerprint density at radius 2 is 1.70 bits per heavy atom. The first-order valence-electron chi connectivity index (χ1n) is 15.6. The van der Waals surface area contributed by atoms with E-state index in [1.807, 2.05) is 30.3 Å². The van der Waals surface area contributed by atoms with Gasteiger partial charge in [0.05, 0.1) is 12.2 Å². The third-order valence-electron chi connectivity index (χ3n) is 7.28. The lowest BCUT2D eigenvalue weighted by Gasteiger charge is -2.26. The Balaban J connectivity index is 1.41. The molecule has 1 heterocycles. The van der Waals surface area contributed by atoms with Gasteiger partial charge in [0.25, 0.3) is 0 Å². The number of carbonyl (C=O) groups excluding carboxylic acids is 2. The van der Waals surface area contributed by atoms with Crippen LogP contribution in [0.5, 0.6) is 5.75 Å². The molecule has 1 aliphatic rings. The molecule has 43 heavy (non-hydrogen) atoms. The van der Waals surface area contributed by atoms with Crippen molar-refractivity contribution in [2.45, 2.75) is 64.2 Å². The highest BCUT2D eigenvalue weighted by molar-refractivity contribution is 7.99. The summed E-state index contributed by atoms with van der Waals surface area (Å²) in [6, 6.07) is 14.6. The summed E-state index contributed by atoms with van der Waals surface area (Å²) in [5.74, 6) is 0.518. The molecule has 2 aromatic carbocycles. The number of allylic oxidation sites excluding steroid dienone is 3. The highest BCUT2D eigenvalue weighted by atomic mass is 32.2. The van der Waals surface area contributed by atoms with E-state index in [0.29, 0.717) is 17.9 Å². The van der Waals surface area contributed by atoms with Crippen LogP contribution in [0.4, 0.5) is 0 Å². The summed E-state index contributed by atoms with van der Waals surface area (Å²) in [6.45, 7) is 12.3. The molecule has 0 saturated carbocycles. The van der Waals surface area contributed by atoms with E-state index in [2.05, 4.69) is 43.1 Å². The molecule has 0 spiro atoms. The number of ether oxygens (including phenoxy) is 2. The van der Waals surface area contributed by atoms with Crippen molar-refractivity contribution in [3.8, 4) is 5.75 Å². The zero-order chi connectivity index (χ0) is 30.7. The number of rotatable bonds is 17. The molecule has 0 atom stereocenters. The second kappa shape index (κ2) is 19.9.